The maximum Gasteiger partial charge on any atom is 0.391 e. The van der Waals surface area contributed by atoms with Gasteiger partial charge in [0.1, 0.15) is 5.82 Å². The highest BCUT2D eigenvalue weighted by atomic mass is 19.4. The maximum absolute atomic E-state index is 13.6. The van der Waals surface area contributed by atoms with Crippen LogP contribution in [0.25, 0.3) is 0 Å². The van der Waals surface area contributed by atoms with Gasteiger partial charge in [-0.15, -0.1) is 0 Å². The molecule has 1 saturated carbocycles. The molecule has 21 heavy (non-hydrogen) atoms. The molecule has 0 bridgehead atoms. The van der Waals surface area contributed by atoms with Crippen LogP contribution in [0.15, 0.2) is 18.2 Å². The van der Waals surface area contributed by atoms with Crippen LogP contribution in [0.2, 0.25) is 0 Å². The summed E-state index contributed by atoms with van der Waals surface area (Å²) in [6, 6.07) is 3.88. The van der Waals surface area contributed by atoms with Gasteiger partial charge in [-0.25, -0.2) is 4.39 Å². The molecule has 1 N–H and O–H groups in total. The van der Waals surface area contributed by atoms with E-state index in [2.05, 4.69) is 5.32 Å². The first-order valence-electron chi connectivity index (χ1n) is 6.91. The molecule has 1 amide bonds. The highest BCUT2D eigenvalue weighted by Gasteiger charge is 2.41. The summed E-state index contributed by atoms with van der Waals surface area (Å²) in [5.41, 5.74) is 0.690. The smallest absolute Gasteiger partial charge is 0.349 e. The van der Waals surface area contributed by atoms with Gasteiger partial charge in [-0.1, -0.05) is 11.6 Å². The number of carbonyl (C=O) groups is 1. The molecule has 0 unspecified atom stereocenters. The Kier molecular flexibility index (Phi) is 4.54. The van der Waals surface area contributed by atoms with E-state index in [-0.39, 0.29) is 37.3 Å². The van der Waals surface area contributed by atoms with Crippen molar-refractivity contribution in [2.24, 2.45) is 5.92 Å². The van der Waals surface area contributed by atoms with E-state index in [0.717, 1.165) is 5.56 Å². The number of amides is 1. The highest BCUT2D eigenvalue weighted by molar-refractivity contribution is 5.94. The van der Waals surface area contributed by atoms with E-state index < -0.39 is 23.8 Å². The molecular formula is C15H17F4NO. The van der Waals surface area contributed by atoms with Crippen LogP contribution in [0.1, 0.15) is 41.6 Å². The van der Waals surface area contributed by atoms with Crippen LogP contribution in [0.3, 0.4) is 0 Å². The number of alkyl halides is 3. The summed E-state index contributed by atoms with van der Waals surface area (Å²) >= 11 is 0. The van der Waals surface area contributed by atoms with E-state index in [1.54, 1.807) is 13.0 Å². The Morgan fingerprint density at radius 2 is 1.81 bits per heavy atom. The third-order valence-corrected chi connectivity index (χ3v) is 3.89. The minimum absolute atomic E-state index is 0.00471. The normalized spacial score (nSPS) is 22.9. The van der Waals surface area contributed by atoms with Crippen LogP contribution >= 0.6 is 0 Å². The molecule has 1 aliphatic carbocycles. The summed E-state index contributed by atoms with van der Waals surface area (Å²) in [5, 5.41) is 2.63. The van der Waals surface area contributed by atoms with Gasteiger partial charge >= 0.3 is 6.18 Å². The molecule has 1 aromatic carbocycles. The van der Waals surface area contributed by atoms with Gasteiger partial charge in [0.15, 0.2) is 0 Å². The van der Waals surface area contributed by atoms with Crippen LogP contribution in [-0.2, 0) is 0 Å². The summed E-state index contributed by atoms with van der Waals surface area (Å²) in [7, 11) is 0. The lowest BCUT2D eigenvalue weighted by Gasteiger charge is -2.30. The van der Waals surface area contributed by atoms with E-state index in [1.807, 2.05) is 0 Å². The predicted octanol–water partition coefficient (Wildman–Crippen LogP) is 3.99. The molecule has 0 aromatic heterocycles. The molecule has 0 heterocycles. The third kappa shape index (κ3) is 3.95. The fourth-order valence-electron chi connectivity index (χ4n) is 2.64. The second kappa shape index (κ2) is 6.03. The van der Waals surface area contributed by atoms with Crippen LogP contribution in [-0.4, -0.2) is 18.1 Å². The SMILES string of the molecule is Cc1ccc(F)c(C(=O)N[C@H]2CC[C@H](C(F)(F)F)CC2)c1. The molecule has 1 aromatic rings. The predicted molar refractivity (Wildman–Crippen MR) is 70.4 cm³/mol. The Balaban J connectivity index is 1.94. The summed E-state index contributed by atoms with van der Waals surface area (Å²) in [5.74, 6) is -2.48. The van der Waals surface area contributed by atoms with Gasteiger partial charge in [0.05, 0.1) is 11.5 Å². The number of aryl methyl sites for hydroxylation is 1. The summed E-state index contributed by atoms with van der Waals surface area (Å²) < 4.78 is 51.3. The number of halogens is 4. The second-order valence-electron chi connectivity index (χ2n) is 5.55. The van der Waals surface area contributed by atoms with Crippen molar-refractivity contribution in [1.29, 1.82) is 0 Å². The molecule has 0 radical (unpaired) electrons. The van der Waals surface area contributed by atoms with Crippen molar-refractivity contribution in [2.45, 2.75) is 44.8 Å². The first-order valence-corrected chi connectivity index (χ1v) is 6.91. The molecule has 0 saturated heterocycles. The van der Waals surface area contributed by atoms with Crippen molar-refractivity contribution in [3.63, 3.8) is 0 Å². The minimum atomic E-state index is -4.17. The maximum atomic E-state index is 13.6. The Bertz CT molecular complexity index is 519. The number of benzene rings is 1. The fourth-order valence-corrected chi connectivity index (χ4v) is 2.64. The van der Waals surface area contributed by atoms with E-state index in [9.17, 15) is 22.4 Å². The average molecular weight is 303 g/mol. The monoisotopic (exact) mass is 303 g/mol. The Morgan fingerprint density at radius 1 is 1.19 bits per heavy atom. The molecule has 116 valence electrons. The Hall–Kier alpha value is -1.59. The quantitative estimate of drug-likeness (QED) is 0.823. The highest BCUT2D eigenvalue weighted by Crippen LogP contribution is 2.37. The van der Waals surface area contributed by atoms with Crippen molar-refractivity contribution < 1.29 is 22.4 Å². The van der Waals surface area contributed by atoms with Crippen molar-refractivity contribution in [1.82, 2.24) is 5.32 Å². The lowest BCUT2D eigenvalue weighted by molar-refractivity contribution is -0.182. The molecular weight excluding hydrogens is 286 g/mol. The minimum Gasteiger partial charge on any atom is -0.349 e. The first kappa shape index (κ1) is 15.8. The average Bonchev–Trinajstić information content (AvgIpc) is 2.41. The van der Waals surface area contributed by atoms with E-state index >= 15 is 0 Å². The molecule has 1 aliphatic rings. The number of nitrogens with one attached hydrogen (secondary N) is 1. The zero-order valence-corrected chi connectivity index (χ0v) is 11.6. The van der Waals surface area contributed by atoms with Crippen LogP contribution in [0, 0.1) is 18.7 Å². The third-order valence-electron chi connectivity index (χ3n) is 3.89. The Labute approximate surface area is 120 Å². The molecule has 0 spiro atoms. The number of hydrogen-bond acceptors (Lipinski definition) is 1. The van der Waals surface area contributed by atoms with Gasteiger partial charge in [0.25, 0.3) is 5.91 Å². The number of rotatable bonds is 2. The van der Waals surface area contributed by atoms with Gasteiger partial charge < -0.3 is 5.32 Å². The van der Waals surface area contributed by atoms with Crippen molar-refractivity contribution in [2.75, 3.05) is 0 Å². The van der Waals surface area contributed by atoms with Crippen LogP contribution in [0.4, 0.5) is 17.6 Å². The summed E-state index contributed by atoms with van der Waals surface area (Å²) in [4.78, 5) is 12.0. The van der Waals surface area contributed by atoms with Gasteiger partial charge in [-0.05, 0) is 44.7 Å². The Morgan fingerprint density at radius 3 is 2.38 bits per heavy atom. The molecule has 0 aliphatic heterocycles. The first-order chi connectivity index (χ1) is 9.77. The summed E-state index contributed by atoms with van der Waals surface area (Å²) in [6.07, 6.45) is -3.63. The lowest BCUT2D eigenvalue weighted by atomic mass is 9.85. The van der Waals surface area contributed by atoms with E-state index in [4.69, 9.17) is 0 Å². The van der Waals surface area contributed by atoms with Crippen LogP contribution in [0.5, 0.6) is 0 Å². The topological polar surface area (TPSA) is 29.1 Å². The van der Waals surface area contributed by atoms with Gasteiger partial charge in [-0.2, -0.15) is 13.2 Å². The zero-order valence-electron chi connectivity index (χ0n) is 11.6. The fraction of sp³-hybridized carbons (Fsp3) is 0.533. The van der Waals surface area contributed by atoms with Crippen molar-refractivity contribution in [3.8, 4) is 0 Å². The summed E-state index contributed by atoms with van der Waals surface area (Å²) in [6.45, 7) is 1.74. The number of carbonyl (C=O) groups excluding carboxylic acids is 1. The lowest BCUT2D eigenvalue weighted by Crippen LogP contribution is -2.40. The molecule has 1 fully saturated rings. The second-order valence-corrected chi connectivity index (χ2v) is 5.55. The number of hydrogen-bond donors (Lipinski definition) is 1. The van der Waals surface area contributed by atoms with Gasteiger partial charge in [0.2, 0.25) is 0 Å². The zero-order chi connectivity index (χ0) is 15.6. The van der Waals surface area contributed by atoms with E-state index in [0.29, 0.717) is 0 Å². The molecule has 2 nitrogen and oxygen atoms in total. The largest absolute Gasteiger partial charge is 0.391 e. The van der Waals surface area contributed by atoms with E-state index in [1.165, 1.54) is 12.1 Å². The molecule has 0 atom stereocenters. The van der Waals surface area contributed by atoms with Crippen molar-refractivity contribution in [3.05, 3.63) is 35.1 Å². The standard InChI is InChI=1S/C15H17F4NO/c1-9-2-7-13(16)12(8-9)14(21)20-11-5-3-10(4-6-11)15(17,18)19/h2,7-8,10-11H,3-6H2,1H3,(H,20,21)/t10-,11-. The van der Waals surface area contributed by atoms with Gasteiger partial charge in [-0.3, -0.25) is 4.79 Å². The van der Waals surface area contributed by atoms with Crippen molar-refractivity contribution >= 4 is 5.91 Å². The van der Waals surface area contributed by atoms with Gasteiger partial charge in [0, 0.05) is 6.04 Å². The molecule has 6 heteroatoms. The molecule has 2 rings (SSSR count). The van der Waals surface area contributed by atoms with Crippen LogP contribution < -0.4 is 5.32 Å².